The first-order valence-electron chi connectivity index (χ1n) is 5.64. The number of hydrogen-bond acceptors (Lipinski definition) is 1. The molecule has 1 unspecified atom stereocenters. The average molecular weight is 347 g/mol. The van der Waals surface area contributed by atoms with Crippen LogP contribution in [-0.2, 0) is 0 Å². The van der Waals surface area contributed by atoms with Gasteiger partial charge in [-0.1, -0.05) is 33.6 Å². The predicted molar refractivity (Wildman–Crippen MR) is 77.5 cm³/mol. The first-order chi connectivity index (χ1) is 8.97. The van der Waals surface area contributed by atoms with Gasteiger partial charge in [-0.3, -0.25) is 0 Å². The van der Waals surface area contributed by atoms with Gasteiger partial charge >= 0.3 is 0 Å². The van der Waals surface area contributed by atoms with Crippen molar-refractivity contribution in [2.45, 2.75) is 13.0 Å². The van der Waals surface area contributed by atoms with Crippen molar-refractivity contribution in [3.8, 4) is 0 Å². The summed E-state index contributed by atoms with van der Waals surface area (Å²) in [6, 6.07) is 8.56. The normalized spacial score (nSPS) is 12.3. The topological polar surface area (TPSA) is 12.0 Å². The first-order valence-corrected chi connectivity index (χ1v) is 6.81. The third kappa shape index (κ3) is 3.45. The van der Waals surface area contributed by atoms with Crippen molar-refractivity contribution in [1.29, 1.82) is 0 Å². The Labute approximate surface area is 123 Å². The Morgan fingerprint density at radius 1 is 1.16 bits per heavy atom. The smallest absolute Gasteiger partial charge is 0.131 e. The number of anilines is 1. The van der Waals surface area contributed by atoms with Crippen molar-refractivity contribution in [1.82, 2.24) is 0 Å². The second-order valence-electron chi connectivity index (χ2n) is 4.16. The lowest BCUT2D eigenvalue weighted by atomic mass is 10.1. The minimum Gasteiger partial charge on any atom is -0.377 e. The molecule has 2 rings (SSSR count). The van der Waals surface area contributed by atoms with Gasteiger partial charge < -0.3 is 5.32 Å². The summed E-state index contributed by atoms with van der Waals surface area (Å²) in [6.07, 6.45) is 0. The molecule has 0 bridgehead atoms. The van der Waals surface area contributed by atoms with Gasteiger partial charge in [0, 0.05) is 16.1 Å². The molecular weight excluding hydrogens is 336 g/mol. The summed E-state index contributed by atoms with van der Waals surface area (Å²) in [6.45, 7) is 1.79. The van der Waals surface area contributed by atoms with Gasteiger partial charge in [0.2, 0.25) is 0 Å². The van der Waals surface area contributed by atoms with Crippen LogP contribution in [0.4, 0.5) is 14.5 Å². The molecule has 1 nitrogen and oxygen atoms in total. The van der Waals surface area contributed by atoms with Crippen LogP contribution in [0.3, 0.4) is 0 Å². The monoisotopic (exact) mass is 345 g/mol. The van der Waals surface area contributed by atoms with E-state index in [9.17, 15) is 8.78 Å². The lowest BCUT2D eigenvalue weighted by molar-refractivity contribution is 0.566. The molecule has 0 spiro atoms. The zero-order valence-corrected chi connectivity index (χ0v) is 12.4. The minimum absolute atomic E-state index is 0.326. The van der Waals surface area contributed by atoms with Crippen LogP contribution in [0, 0.1) is 11.6 Å². The molecule has 0 aliphatic heterocycles. The fraction of sp³-hybridized carbons (Fsp3) is 0.143. The van der Waals surface area contributed by atoms with E-state index in [0.29, 0.717) is 16.3 Å². The zero-order chi connectivity index (χ0) is 14.0. The van der Waals surface area contributed by atoms with Crippen LogP contribution in [0.2, 0.25) is 5.02 Å². The molecular formula is C14H11BrClF2N. The average Bonchev–Trinajstić information content (AvgIpc) is 2.33. The van der Waals surface area contributed by atoms with E-state index in [1.54, 1.807) is 19.1 Å². The molecule has 0 aliphatic rings. The number of halogens is 4. The fourth-order valence-corrected chi connectivity index (χ4v) is 2.30. The molecule has 0 aromatic heterocycles. The second kappa shape index (κ2) is 5.88. The van der Waals surface area contributed by atoms with Gasteiger partial charge in [-0.25, -0.2) is 8.78 Å². The Morgan fingerprint density at radius 3 is 2.58 bits per heavy atom. The van der Waals surface area contributed by atoms with E-state index in [4.69, 9.17) is 11.6 Å². The molecule has 0 saturated heterocycles. The highest BCUT2D eigenvalue weighted by atomic mass is 79.9. The predicted octanol–water partition coefficient (Wildman–Crippen LogP) is 5.55. The van der Waals surface area contributed by atoms with E-state index in [1.165, 1.54) is 12.1 Å². The number of benzene rings is 2. The lowest BCUT2D eigenvalue weighted by Gasteiger charge is -2.17. The molecule has 1 N–H and O–H groups in total. The summed E-state index contributed by atoms with van der Waals surface area (Å²) in [7, 11) is 0. The van der Waals surface area contributed by atoms with Crippen LogP contribution in [0.25, 0.3) is 0 Å². The van der Waals surface area contributed by atoms with Crippen LogP contribution >= 0.6 is 27.5 Å². The van der Waals surface area contributed by atoms with E-state index >= 15 is 0 Å². The SMILES string of the molecule is CC(Nc1cc(Br)ccc1Cl)c1ccc(F)cc1F. The summed E-state index contributed by atoms with van der Waals surface area (Å²) < 4.78 is 27.4. The van der Waals surface area contributed by atoms with Gasteiger partial charge in [-0.2, -0.15) is 0 Å². The standard InChI is InChI=1S/C14H11BrClF2N/c1-8(11-4-3-10(17)7-13(11)18)19-14-6-9(15)2-5-12(14)16/h2-8,19H,1H3. The zero-order valence-electron chi connectivity index (χ0n) is 10.1. The van der Waals surface area contributed by atoms with Gasteiger partial charge in [0.05, 0.1) is 16.8 Å². The van der Waals surface area contributed by atoms with E-state index in [1.807, 2.05) is 6.07 Å². The largest absolute Gasteiger partial charge is 0.377 e. The molecule has 0 fully saturated rings. The highest BCUT2D eigenvalue weighted by Gasteiger charge is 2.13. The number of nitrogens with one attached hydrogen (secondary N) is 1. The molecule has 0 saturated carbocycles. The first kappa shape index (κ1) is 14.3. The Balaban J connectivity index is 2.25. The quantitative estimate of drug-likeness (QED) is 0.768. The van der Waals surface area contributed by atoms with Crippen LogP contribution in [0.1, 0.15) is 18.5 Å². The molecule has 1 atom stereocenters. The van der Waals surface area contributed by atoms with Gasteiger partial charge in [-0.05, 0) is 31.2 Å². The van der Waals surface area contributed by atoms with Crippen LogP contribution < -0.4 is 5.32 Å². The molecule has 5 heteroatoms. The van der Waals surface area contributed by atoms with E-state index in [-0.39, 0.29) is 6.04 Å². The van der Waals surface area contributed by atoms with Crippen molar-refractivity contribution < 1.29 is 8.78 Å². The molecule has 0 radical (unpaired) electrons. The maximum Gasteiger partial charge on any atom is 0.131 e. The van der Waals surface area contributed by atoms with Crippen molar-refractivity contribution in [3.05, 3.63) is 63.1 Å². The van der Waals surface area contributed by atoms with Gasteiger partial charge in [0.25, 0.3) is 0 Å². The van der Waals surface area contributed by atoms with Crippen molar-refractivity contribution >= 4 is 33.2 Å². The Hall–Kier alpha value is -1.13. The van der Waals surface area contributed by atoms with E-state index in [2.05, 4.69) is 21.2 Å². The second-order valence-corrected chi connectivity index (χ2v) is 5.48. The lowest BCUT2D eigenvalue weighted by Crippen LogP contribution is -2.09. The van der Waals surface area contributed by atoms with E-state index < -0.39 is 11.6 Å². The summed E-state index contributed by atoms with van der Waals surface area (Å²) in [5.74, 6) is -1.17. The molecule has 0 aliphatic carbocycles. The molecule has 0 amide bonds. The molecule has 19 heavy (non-hydrogen) atoms. The Bertz CT molecular complexity index is 604. The van der Waals surface area contributed by atoms with E-state index in [0.717, 1.165) is 10.5 Å². The Kier molecular flexibility index (Phi) is 4.42. The fourth-order valence-electron chi connectivity index (χ4n) is 1.77. The van der Waals surface area contributed by atoms with Gasteiger partial charge in [0.1, 0.15) is 11.6 Å². The van der Waals surface area contributed by atoms with Crippen LogP contribution in [0.5, 0.6) is 0 Å². The highest BCUT2D eigenvalue weighted by Crippen LogP contribution is 2.29. The summed E-state index contributed by atoms with van der Waals surface area (Å²) >= 11 is 9.40. The molecule has 2 aromatic rings. The Morgan fingerprint density at radius 2 is 1.89 bits per heavy atom. The molecule has 0 heterocycles. The molecule has 2 aromatic carbocycles. The summed E-state index contributed by atoms with van der Waals surface area (Å²) in [5, 5.41) is 3.64. The van der Waals surface area contributed by atoms with Gasteiger partial charge in [0.15, 0.2) is 0 Å². The third-order valence-corrected chi connectivity index (χ3v) is 3.55. The van der Waals surface area contributed by atoms with Crippen molar-refractivity contribution in [2.75, 3.05) is 5.32 Å². The summed E-state index contributed by atoms with van der Waals surface area (Å²) in [5.41, 5.74) is 1.07. The maximum absolute atomic E-state index is 13.7. The third-order valence-electron chi connectivity index (χ3n) is 2.73. The summed E-state index contributed by atoms with van der Waals surface area (Å²) in [4.78, 5) is 0. The van der Waals surface area contributed by atoms with Gasteiger partial charge in [-0.15, -0.1) is 0 Å². The van der Waals surface area contributed by atoms with Crippen LogP contribution in [0.15, 0.2) is 40.9 Å². The minimum atomic E-state index is -0.589. The van der Waals surface area contributed by atoms with Crippen LogP contribution in [-0.4, -0.2) is 0 Å². The molecule has 100 valence electrons. The van der Waals surface area contributed by atoms with Crippen molar-refractivity contribution in [2.24, 2.45) is 0 Å². The number of rotatable bonds is 3. The highest BCUT2D eigenvalue weighted by molar-refractivity contribution is 9.10. The maximum atomic E-state index is 13.7. The number of hydrogen-bond donors (Lipinski definition) is 1. The van der Waals surface area contributed by atoms with Crippen molar-refractivity contribution in [3.63, 3.8) is 0 Å².